The zero-order valence-corrected chi connectivity index (χ0v) is 13.9. The van der Waals surface area contributed by atoms with Crippen LogP contribution >= 0.6 is 0 Å². The van der Waals surface area contributed by atoms with Crippen molar-refractivity contribution in [1.29, 1.82) is 0 Å². The van der Waals surface area contributed by atoms with Crippen molar-refractivity contribution < 1.29 is 24.2 Å². The van der Waals surface area contributed by atoms with Crippen LogP contribution in [0.25, 0.3) is 0 Å². The lowest BCUT2D eigenvalue weighted by atomic mass is 10.1. The number of rotatable bonds is 5. The third kappa shape index (κ3) is 4.07. The average molecular weight is 353 g/mol. The van der Waals surface area contributed by atoms with E-state index in [1.54, 1.807) is 24.3 Å². The fourth-order valence-electron chi connectivity index (χ4n) is 2.68. The van der Waals surface area contributed by atoms with Crippen LogP contribution in [0.5, 0.6) is 0 Å². The Morgan fingerprint density at radius 1 is 1.00 bits per heavy atom. The predicted molar refractivity (Wildman–Crippen MR) is 92.8 cm³/mol. The number of carbonyl (C=O) groups is 3. The molecule has 1 fully saturated rings. The number of hydrogen-bond acceptors (Lipinski definition) is 5. The van der Waals surface area contributed by atoms with Gasteiger partial charge >= 0.3 is 0 Å². The molecule has 1 saturated heterocycles. The summed E-state index contributed by atoms with van der Waals surface area (Å²) in [6, 6.07) is 12.3. The molecule has 0 bridgehead atoms. The Morgan fingerprint density at radius 2 is 1.73 bits per heavy atom. The van der Waals surface area contributed by atoms with Gasteiger partial charge < -0.3 is 25.3 Å². The summed E-state index contributed by atoms with van der Waals surface area (Å²) in [7, 11) is 0. The van der Waals surface area contributed by atoms with Crippen LogP contribution in [0, 0.1) is 0 Å². The minimum atomic E-state index is -1.29. The SMILES string of the molecule is O=C([O-])c1ccc(NC(=O)c2ccccc2NC(=O)[C@@H]2CCCO2)cc1. The highest BCUT2D eigenvalue weighted by molar-refractivity contribution is 6.10. The first-order valence-corrected chi connectivity index (χ1v) is 8.19. The molecule has 2 amide bonds. The number of benzene rings is 2. The van der Waals surface area contributed by atoms with Gasteiger partial charge in [-0.15, -0.1) is 0 Å². The van der Waals surface area contributed by atoms with E-state index >= 15 is 0 Å². The molecular weight excluding hydrogens is 336 g/mol. The first-order valence-electron chi connectivity index (χ1n) is 8.19. The van der Waals surface area contributed by atoms with E-state index in [0.29, 0.717) is 30.0 Å². The van der Waals surface area contributed by atoms with E-state index in [1.807, 2.05) is 0 Å². The van der Waals surface area contributed by atoms with Crippen LogP contribution in [-0.2, 0) is 9.53 Å². The normalized spacial score (nSPS) is 16.1. The Kier molecular flexibility index (Phi) is 5.28. The third-order valence-corrected chi connectivity index (χ3v) is 4.03. The highest BCUT2D eigenvalue weighted by Gasteiger charge is 2.24. The van der Waals surface area contributed by atoms with E-state index in [2.05, 4.69) is 10.6 Å². The van der Waals surface area contributed by atoms with Gasteiger partial charge in [-0.3, -0.25) is 9.59 Å². The summed E-state index contributed by atoms with van der Waals surface area (Å²) in [4.78, 5) is 35.5. The van der Waals surface area contributed by atoms with Gasteiger partial charge in [0.1, 0.15) is 6.10 Å². The second-order valence-electron chi connectivity index (χ2n) is 5.86. The number of nitrogens with one attached hydrogen (secondary N) is 2. The van der Waals surface area contributed by atoms with Gasteiger partial charge in [0, 0.05) is 12.3 Å². The average Bonchev–Trinajstić information content (AvgIpc) is 3.17. The number of hydrogen-bond donors (Lipinski definition) is 2. The zero-order valence-electron chi connectivity index (χ0n) is 13.9. The Balaban J connectivity index is 1.72. The van der Waals surface area contributed by atoms with Crippen molar-refractivity contribution in [3.05, 3.63) is 59.7 Å². The fourth-order valence-corrected chi connectivity index (χ4v) is 2.68. The van der Waals surface area contributed by atoms with E-state index in [4.69, 9.17) is 4.74 Å². The standard InChI is InChI=1S/C19H18N2O5/c22-17(20-13-9-7-12(8-10-13)19(24)25)14-4-1-2-5-15(14)21-18(23)16-6-3-11-26-16/h1-2,4-5,7-10,16H,3,6,11H2,(H,20,22)(H,21,23)(H,24,25)/p-1/t16-/m0/s1. The minimum Gasteiger partial charge on any atom is -0.545 e. The molecule has 0 radical (unpaired) electrons. The van der Waals surface area contributed by atoms with Gasteiger partial charge in [-0.25, -0.2) is 0 Å². The lowest BCUT2D eigenvalue weighted by Gasteiger charge is -2.14. The highest BCUT2D eigenvalue weighted by Crippen LogP contribution is 2.20. The largest absolute Gasteiger partial charge is 0.545 e. The van der Waals surface area contributed by atoms with Crippen LogP contribution in [-0.4, -0.2) is 30.5 Å². The quantitative estimate of drug-likeness (QED) is 0.845. The van der Waals surface area contributed by atoms with Crippen molar-refractivity contribution >= 4 is 29.2 Å². The number of aromatic carboxylic acids is 1. The third-order valence-electron chi connectivity index (χ3n) is 4.03. The van der Waals surface area contributed by atoms with Crippen LogP contribution in [0.2, 0.25) is 0 Å². The summed E-state index contributed by atoms with van der Waals surface area (Å²) in [5.41, 5.74) is 1.13. The van der Waals surface area contributed by atoms with Crippen molar-refractivity contribution in [2.75, 3.05) is 17.2 Å². The summed E-state index contributed by atoms with van der Waals surface area (Å²) in [5.74, 6) is -1.99. The maximum atomic E-state index is 12.5. The van der Waals surface area contributed by atoms with E-state index < -0.39 is 18.0 Å². The number of ether oxygens (including phenoxy) is 1. The molecule has 1 aliphatic heterocycles. The molecule has 2 N–H and O–H groups in total. The summed E-state index contributed by atoms with van der Waals surface area (Å²) < 4.78 is 5.35. The Labute approximate surface area is 150 Å². The summed E-state index contributed by atoms with van der Waals surface area (Å²) >= 11 is 0. The monoisotopic (exact) mass is 353 g/mol. The smallest absolute Gasteiger partial charge is 0.257 e. The molecular formula is C19H17N2O5-. The maximum Gasteiger partial charge on any atom is 0.257 e. The van der Waals surface area contributed by atoms with Gasteiger partial charge in [0.05, 0.1) is 17.2 Å². The van der Waals surface area contributed by atoms with Crippen LogP contribution in [0.3, 0.4) is 0 Å². The molecule has 2 aromatic rings. The molecule has 0 spiro atoms. The Hall–Kier alpha value is -3.19. The predicted octanol–water partition coefficient (Wildman–Crippen LogP) is 1.42. The van der Waals surface area contributed by atoms with Crippen molar-refractivity contribution in [3.8, 4) is 0 Å². The molecule has 26 heavy (non-hydrogen) atoms. The molecule has 0 unspecified atom stereocenters. The summed E-state index contributed by atoms with van der Waals surface area (Å²) in [5, 5.41) is 16.2. The molecule has 7 heteroatoms. The van der Waals surface area contributed by atoms with Crippen LogP contribution < -0.4 is 15.7 Å². The van der Waals surface area contributed by atoms with E-state index in [9.17, 15) is 19.5 Å². The molecule has 1 aliphatic rings. The highest BCUT2D eigenvalue weighted by atomic mass is 16.5. The molecule has 0 aromatic heterocycles. The van der Waals surface area contributed by atoms with Gasteiger partial charge in [-0.2, -0.15) is 0 Å². The first-order chi connectivity index (χ1) is 12.5. The second-order valence-corrected chi connectivity index (χ2v) is 5.86. The van der Waals surface area contributed by atoms with Crippen molar-refractivity contribution in [3.63, 3.8) is 0 Å². The topological polar surface area (TPSA) is 108 Å². The number of anilines is 2. The number of carboxylic acids is 1. The summed E-state index contributed by atoms with van der Waals surface area (Å²) in [6.07, 6.45) is 0.996. The molecule has 2 aromatic carbocycles. The molecule has 0 saturated carbocycles. The molecule has 1 atom stereocenters. The van der Waals surface area contributed by atoms with Crippen LogP contribution in [0.4, 0.5) is 11.4 Å². The minimum absolute atomic E-state index is 0.0206. The lowest BCUT2D eigenvalue weighted by molar-refractivity contribution is -0.255. The number of amides is 2. The van der Waals surface area contributed by atoms with Crippen molar-refractivity contribution in [2.45, 2.75) is 18.9 Å². The number of para-hydroxylation sites is 1. The van der Waals surface area contributed by atoms with Crippen molar-refractivity contribution in [1.82, 2.24) is 0 Å². The van der Waals surface area contributed by atoms with Crippen LogP contribution in [0.15, 0.2) is 48.5 Å². The molecule has 3 rings (SSSR count). The van der Waals surface area contributed by atoms with E-state index in [0.717, 1.165) is 6.42 Å². The van der Waals surface area contributed by atoms with Gasteiger partial charge in [-0.1, -0.05) is 24.3 Å². The molecule has 0 aliphatic carbocycles. The number of carboxylic acid groups (broad SMARTS) is 1. The second kappa shape index (κ2) is 7.79. The lowest BCUT2D eigenvalue weighted by Crippen LogP contribution is -2.28. The van der Waals surface area contributed by atoms with Gasteiger partial charge in [0.2, 0.25) is 0 Å². The zero-order chi connectivity index (χ0) is 18.5. The fraction of sp³-hybridized carbons (Fsp3) is 0.211. The molecule has 1 heterocycles. The first kappa shape index (κ1) is 17.6. The van der Waals surface area contributed by atoms with E-state index in [-0.39, 0.29) is 11.5 Å². The Bertz CT molecular complexity index is 826. The summed E-state index contributed by atoms with van der Waals surface area (Å²) in [6.45, 7) is 0.558. The molecule has 134 valence electrons. The van der Waals surface area contributed by atoms with Gasteiger partial charge in [0.15, 0.2) is 0 Å². The maximum absolute atomic E-state index is 12.5. The Morgan fingerprint density at radius 3 is 2.38 bits per heavy atom. The van der Waals surface area contributed by atoms with Crippen molar-refractivity contribution in [2.24, 2.45) is 0 Å². The van der Waals surface area contributed by atoms with Gasteiger partial charge in [0.25, 0.3) is 11.8 Å². The van der Waals surface area contributed by atoms with Gasteiger partial charge in [-0.05, 0) is 42.7 Å². The van der Waals surface area contributed by atoms with E-state index in [1.165, 1.54) is 24.3 Å². The number of carbonyl (C=O) groups excluding carboxylic acids is 3. The molecule has 7 nitrogen and oxygen atoms in total. The van der Waals surface area contributed by atoms with Crippen LogP contribution in [0.1, 0.15) is 33.6 Å².